The lowest BCUT2D eigenvalue weighted by atomic mass is 9.82. The number of hydrogen-bond acceptors (Lipinski definition) is 6. The van der Waals surface area contributed by atoms with Gasteiger partial charge in [-0.3, -0.25) is 0 Å². The molecule has 0 spiro atoms. The van der Waals surface area contributed by atoms with Crippen molar-refractivity contribution in [3.63, 3.8) is 0 Å². The second-order valence-corrected chi connectivity index (χ2v) is 8.71. The highest BCUT2D eigenvalue weighted by Gasteiger charge is 2.28. The molecular weight excluding hydrogens is 290 g/mol. The fourth-order valence-corrected chi connectivity index (χ4v) is 4.84. The van der Waals surface area contributed by atoms with Gasteiger partial charge in [-0.15, -0.1) is 0 Å². The molecule has 1 saturated heterocycles. The van der Waals surface area contributed by atoms with E-state index in [9.17, 15) is 8.42 Å². The summed E-state index contributed by atoms with van der Waals surface area (Å²) < 4.78 is 28.6. The zero-order valence-electron chi connectivity index (χ0n) is 12.4. The number of nitrogens with zero attached hydrogens (tertiary/aromatic N) is 2. The summed E-state index contributed by atoms with van der Waals surface area (Å²) in [6, 6.07) is -0.109. The second-order valence-electron chi connectivity index (χ2n) is 6.48. The fourth-order valence-electron chi connectivity index (χ4n) is 3.39. The monoisotopic (exact) mass is 313 g/mol. The van der Waals surface area contributed by atoms with Crippen LogP contribution in [-0.2, 0) is 16.3 Å². The van der Waals surface area contributed by atoms with Crippen molar-refractivity contribution in [3.8, 4) is 0 Å². The van der Waals surface area contributed by atoms with Crippen molar-refractivity contribution < 1.29 is 12.9 Å². The van der Waals surface area contributed by atoms with Crippen LogP contribution in [0.3, 0.4) is 0 Å². The van der Waals surface area contributed by atoms with Crippen LogP contribution in [-0.4, -0.2) is 42.7 Å². The van der Waals surface area contributed by atoms with Gasteiger partial charge in [0.25, 0.3) is 0 Å². The molecule has 1 aliphatic heterocycles. The third-order valence-corrected chi connectivity index (χ3v) is 6.24. The molecule has 0 amide bonds. The molecule has 2 heterocycles. The van der Waals surface area contributed by atoms with Gasteiger partial charge in [0.15, 0.2) is 15.7 Å². The first kappa shape index (κ1) is 15.0. The third kappa shape index (κ3) is 3.83. The minimum atomic E-state index is -2.93. The quantitative estimate of drug-likeness (QED) is 0.905. The first-order valence-corrected chi connectivity index (χ1v) is 9.60. The summed E-state index contributed by atoms with van der Waals surface area (Å²) in [6.45, 7) is 2.78. The zero-order chi connectivity index (χ0) is 14.9. The van der Waals surface area contributed by atoms with E-state index in [1.54, 1.807) is 0 Å². The summed E-state index contributed by atoms with van der Waals surface area (Å²) >= 11 is 0. The maximum atomic E-state index is 11.6. The van der Waals surface area contributed by atoms with Crippen molar-refractivity contribution in [2.75, 3.05) is 18.1 Å². The predicted molar refractivity (Wildman–Crippen MR) is 78.8 cm³/mol. The van der Waals surface area contributed by atoms with E-state index in [1.807, 2.05) is 0 Å². The van der Waals surface area contributed by atoms with Crippen LogP contribution in [0, 0.1) is 5.92 Å². The summed E-state index contributed by atoms with van der Waals surface area (Å²) in [7, 11) is -2.93. The summed E-state index contributed by atoms with van der Waals surface area (Å²) in [6.07, 6.45) is 5.24. The second kappa shape index (κ2) is 6.04. The highest BCUT2D eigenvalue weighted by atomic mass is 32.2. The molecule has 1 aromatic heterocycles. The predicted octanol–water partition coefficient (Wildman–Crippen LogP) is 1.29. The van der Waals surface area contributed by atoms with E-state index in [0.29, 0.717) is 24.8 Å². The summed E-state index contributed by atoms with van der Waals surface area (Å²) in [5.74, 6) is 2.85. The van der Waals surface area contributed by atoms with Gasteiger partial charge in [0, 0.05) is 24.9 Å². The van der Waals surface area contributed by atoms with E-state index in [0.717, 1.165) is 24.6 Å². The molecule has 2 aliphatic rings. The molecule has 0 bridgehead atoms. The molecule has 21 heavy (non-hydrogen) atoms. The van der Waals surface area contributed by atoms with Crippen molar-refractivity contribution in [2.24, 2.45) is 5.92 Å². The van der Waals surface area contributed by atoms with E-state index in [1.165, 1.54) is 12.8 Å². The molecule has 3 rings (SSSR count). The molecule has 1 aromatic rings. The Morgan fingerprint density at radius 3 is 3.00 bits per heavy atom. The van der Waals surface area contributed by atoms with Crippen LogP contribution in [0.4, 0.5) is 0 Å². The molecular formula is C14H23N3O3S. The van der Waals surface area contributed by atoms with Gasteiger partial charge in [-0.1, -0.05) is 24.9 Å². The molecule has 0 radical (unpaired) electrons. The van der Waals surface area contributed by atoms with Crippen LogP contribution < -0.4 is 5.32 Å². The van der Waals surface area contributed by atoms with Gasteiger partial charge in [0.1, 0.15) is 0 Å². The van der Waals surface area contributed by atoms with Gasteiger partial charge in [-0.25, -0.2) is 8.42 Å². The van der Waals surface area contributed by atoms with Crippen molar-refractivity contribution >= 4 is 9.84 Å². The lowest BCUT2D eigenvalue weighted by Gasteiger charge is -2.24. The first-order chi connectivity index (χ1) is 10.0. The number of nitrogens with one attached hydrogen (secondary N) is 1. The van der Waals surface area contributed by atoms with Crippen molar-refractivity contribution in [1.82, 2.24) is 15.5 Å². The Hall–Kier alpha value is -0.950. The topological polar surface area (TPSA) is 85.1 Å². The molecule has 3 unspecified atom stereocenters. The van der Waals surface area contributed by atoms with E-state index in [2.05, 4.69) is 22.4 Å². The molecule has 3 atom stereocenters. The average Bonchev–Trinajstić information content (AvgIpc) is 2.86. The van der Waals surface area contributed by atoms with Crippen LogP contribution in [0.25, 0.3) is 0 Å². The molecule has 1 N–H and O–H groups in total. The Morgan fingerprint density at radius 1 is 1.38 bits per heavy atom. The Kier molecular flexibility index (Phi) is 4.31. The minimum Gasteiger partial charge on any atom is -0.339 e. The van der Waals surface area contributed by atoms with Gasteiger partial charge in [0.05, 0.1) is 11.5 Å². The molecule has 2 fully saturated rings. The Bertz CT molecular complexity index is 584. The molecule has 0 aromatic carbocycles. The lowest BCUT2D eigenvalue weighted by molar-refractivity contribution is 0.317. The van der Waals surface area contributed by atoms with Gasteiger partial charge >= 0.3 is 0 Å². The Morgan fingerprint density at radius 2 is 2.24 bits per heavy atom. The highest BCUT2D eigenvalue weighted by Crippen LogP contribution is 2.34. The fraction of sp³-hybridized carbons (Fsp3) is 0.857. The van der Waals surface area contributed by atoms with Crippen molar-refractivity contribution in [3.05, 3.63) is 11.7 Å². The summed E-state index contributed by atoms with van der Waals surface area (Å²) in [5, 5.41) is 7.32. The van der Waals surface area contributed by atoms with Crippen LogP contribution in [0.5, 0.6) is 0 Å². The first-order valence-electron chi connectivity index (χ1n) is 7.78. The average molecular weight is 313 g/mol. The van der Waals surface area contributed by atoms with Crippen molar-refractivity contribution in [1.29, 1.82) is 0 Å². The molecule has 1 aliphatic carbocycles. The SMILES string of the molecule is CC1CCCC(c2noc(CC3CS(=O)(=O)CCN3)n2)C1. The normalized spacial score (nSPS) is 32.9. The number of aromatic nitrogens is 2. The number of rotatable bonds is 3. The summed E-state index contributed by atoms with van der Waals surface area (Å²) in [4.78, 5) is 4.50. The number of hydrogen-bond donors (Lipinski definition) is 1. The van der Waals surface area contributed by atoms with Gasteiger partial charge in [-0.05, 0) is 18.8 Å². The third-order valence-electron chi connectivity index (χ3n) is 4.51. The number of sulfone groups is 1. The maximum absolute atomic E-state index is 11.6. The lowest BCUT2D eigenvalue weighted by Crippen LogP contribution is -2.46. The van der Waals surface area contributed by atoms with Gasteiger partial charge in [0.2, 0.25) is 5.89 Å². The largest absolute Gasteiger partial charge is 0.339 e. The zero-order valence-corrected chi connectivity index (χ0v) is 13.2. The molecule has 6 nitrogen and oxygen atoms in total. The van der Waals surface area contributed by atoms with Crippen LogP contribution >= 0.6 is 0 Å². The van der Waals surface area contributed by atoms with Gasteiger partial charge in [-0.2, -0.15) is 4.98 Å². The molecule has 118 valence electrons. The van der Waals surface area contributed by atoms with E-state index >= 15 is 0 Å². The van der Waals surface area contributed by atoms with Gasteiger partial charge < -0.3 is 9.84 Å². The highest BCUT2D eigenvalue weighted by molar-refractivity contribution is 7.91. The van der Waals surface area contributed by atoms with E-state index in [-0.39, 0.29) is 17.5 Å². The van der Waals surface area contributed by atoms with Crippen LogP contribution in [0.2, 0.25) is 0 Å². The Labute approximate surface area is 125 Å². The minimum absolute atomic E-state index is 0.109. The summed E-state index contributed by atoms with van der Waals surface area (Å²) in [5.41, 5.74) is 0. The molecule has 7 heteroatoms. The van der Waals surface area contributed by atoms with E-state index in [4.69, 9.17) is 4.52 Å². The van der Waals surface area contributed by atoms with E-state index < -0.39 is 9.84 Å². The standard InChI is InChI=1S/C14H23N3O3S/c1-10-3-2-4-11(7-10)14-16-13(20-17-14)8-12-9-21(18,19)6-5-15-12/h10-12,15H,2-9H2,1H3. The van der Waals surface area contributed by atoms with Crippen molar-refractivity contribution in [2.45, 2.75) is 51.0 Å². The smallest absolute Gasteiger partial charge is 0.228 e. The molecule has 1 saturated carbocycles. The van der Waals surface area contributed by atoms with Crippen LogP contribution in [0.15, 0.2) is 4.52 Å². The maximum Gasteiger partial charge on any atom is 0.228 e. The van der Waals surface area contributed by atoms with Crippen LogP contribution in [0.1, 0.15) is 50.2 Å². The Balaban J connectivity index is 1.62.